The van der Waals surface area contributed by atoms with Crippen LogP contribution in [0.1, 0.15) is 10.4 Å². The second-order valence-corrected chi connectivity index (χ2v) is 5.40. The summed E-state index contributed by atoms with van der Waals surface area (Å²) in [7, 11) is 1.93. The standard InChI is InChI=1S/C17H13N3O3/c1-19-8-7-10-9-11(5-6-13(10)19)16(21)20-14-4-2-3-12(18)15(14)23-17(20)22/h2-9H,18H2,1H3. The van der Waals surface area contributed by atoms with Gasteiger partial charge >= 0.3 is 5.76 Å². The van der Waals surface area contributed by atoms with Crippen LogP contribution in [-0.4, -0.2) is 15.0 Å². The maximum atomic E-state index is 12.8. The largest absolute Gasteiger partial charge is 0.427 e. The summed E-state index contributed by atoms with van der Waals surface area (Å²) in [4.78, 5) is 24.8. The average molecular weight is 307 g/mol. The number of anilines is 1. The molecule has 0 saturated carbocycles. The van der Waals surface area contributed by atoms with E-state index in [4.69, 9.17) is 10.2 Å². The van der Waals surface area contributed by atoms with E-state index in [0.29, 0.717) is 16.8 Å². The van der Waals surface area contributed by atoms with Crippen LogP contribution in [0, 0.1) is 0 Å². The number of carbonyl (C=O) groups is 1. The number of hydrogen-bond acceptors (Lipinski definition) is 4. The van der Waals surface area contributed by atoms with Crippen molar-refractivity contribution in [1.29, 1.82) is 0 Å². The minimum absolute atomic E-state index is 0.228. The summed E-state index contributed by atoms with van der Waals surface area (Å²) >= 11 is 0. The maximum Gasteiger partial charge on any atom is 0.427 e. The van der Waals surface area contributed by atoms with Crippen LogP contribution in [-0.2, 0) is 7.05 Å². The van der Waals surface area contributed by atoms with E-state index in [-0.39, 0.29) is 5.58 Å². The highest BCUT2D eigenvalue weighted by molar-refractivity contribution is 6.04. The van der Waals surface area contributed by atoms with E-state index in [1.807, 2.05) is 29.9 Å². The lowest BCUT2D eigenvalue weighted by Gasteiger charge is -2.03. The van der Waals surface area contributed by atoms with Crippen LogP contribution >= 0.6 is 0 Å². The lowest BCUT2D eigenvalue weighted by atomic mass is 10.1. The summed E-state index contributed by atoms with van der Waals surface area (Å²) in [5.74, 6) is -1.18. The molecule has 0 atom stereocenters. The zero-order valence-corrected chi connectivity index (χ0v) is 12.3. The number of para-hydroxylation sites is 1. The van der Waals surface area contributed by atoms with Crippen LogP contribution in [0.15, 0.2) is 57.9 Å². The van der Waals surface area contributed by atoms with E-state index in [1.54, 1.807) is 30.3 Å². The minimum Gasteiger partial charge on any atom is -0.405 e. The smallest absolute Gasteiger partial charge is 0.405 e. The fraction of sp³-hybridized carbons (Fsp3) is 0.0588. The molecule has 0 unspecified atom stereocenters. The van der Waals surface area contributed by atoms with Gasteiger partial charge in [-0.05, 0) is 36.4 Å². The van der Waals surface area contributed by atoms with Gasteiger partial charge in [-0.25, -0.2) is 9.36 Å². The van der Waals surface area contributed by atoms with Crippen molar-refractivity contribution in [3.63, 3.8) is 0 Å². The van der Waals surface area contributed by atoms with Crippen molar-refractivity contribution in [2.75, 3.05) is 5.73 Å². The van der Waals surface area contributed by atoms with Gasteiger partial charge < -0.3 is 14.7 Å². The lowest BCUT2D eigenvalue weighted by molar-refractivity contribution is 0.0956. The minimum atomic E-state index is -0.740. The topological polar surface area (TPSA) is 83.2 Å². The summed E-state index contributed by atoms with van der Waals surface area (Å²) in [6.45, 7) is 0. The Hall–Kier alpha value is -3.28. The molecule has 0 amide bonds. The molecule has 2 N–H and O–H groups in total. The van der Waals surface area contributed by atoms with Crippen molar-refractivity contribution in [2.45, 2.75) is 0 Å². The summed E-state index contributed by atoms with van der Waals surface area (Å²) in [5, 5.41) is 0.929. The normalized spacial score (nSPS) is 11.3. The first-order chi connectivity index (χ1) is 11.1. The Morgan fingerprint density at radius 2 is 1.96 bits per heavy atom. The van der Waals surface area contributed by atoms with Gasteiger partial charge in [0, 0.05) is 29.7 Å². The summed E-state index contributed by atoms with van der Waals surface area (Å²) in [6, 6.07) is 12.2. The molecule has 0 spiro atoms. The van der Waals surface area contributed by atoms with Gasteiger partial charge in [0.25, 0.3) is 5.91 Å². The predicted octanol–water partition coefficient (Wildman–Crippen LogP) is 2.36. The van der Waals surface area contributed by atoms with E-state index in [9.17, 15) is 9.59 Å². The molecule has 23 heavy (non-hydrogen) atoms. The fourth-order valence-corrected chi connectivity index (χ4v) is 2.80. The Morgan fingerprint density at radius 1 is 1.13 bits per heavy atom. The molecule has 2 aromatic carbocycles. The van der Waals surface area contributed by atoms with Gasteiger partial charge in [0.2, 0.25) is 0 Å². The number of nitrogens with zero attached hydrogens (tertiary/aromatic N) is 2. The van der Waals surface area contributed by atoms with Crippen molar-refractivity contribution in [1.82, 2.24) is 9.13 Å². The molecular formula is C17H13N3O3. The number of hydrogen-bond donors (Lipinski definition) is 1. The van der Waals surface area contributed by atoms with Gasteiger partial charge in [0.05, 0.1) is 5.69 Å². The van der Waals surface area contributed by atoms with E-state index in [1.165, 1.54) is 0 Å². The van der Waals surface area contributed by atoms with Crippen LogP contribution < -0.4 is 11.5 Å². The SMILES string of the molecule is Cn1ccc2cc(C(=O)n3c(=O)oc4c(N)cccc43)ccc21. The molecule has 4 rings (SSSR count). The monoisotopic (exact) mass is 307 g/mol. The molecule has 6 heteroatoms. The van der Waals surface area contributed by atoms with Crippen LogP contribution in [0.2, 0.25) is 0 Å². The van der Waals surface area contributed by atoms with Crippen molar-refractivity contribution in [3.8, 4) is 0 Å². The fourth-order valence-electron chi connectivity index (χ4n) is 2.80. The van der Waals surface area contributed by atoms with Crippen LogP contribution in [0.25, 0.3) is 22.0 Å². The van der Waals surface area contributed by atoms with Crippen LogP contribution in [0.4, 0.5) is 5.69 Å². The molecule has 0 bridgehead atoms. The third-order valence-electron chi connectivity index (χ3n) is 3.97. The quantitative estimate of drug-likeness (QED) is 0.547. The Labute approximate surface area is 130 Å². The summed E-state index contributed by atoms with van der Waals surface area (Å²) in [5.41, 5.74) is 8.14. The van der Waals surface area contributed by atoms with Crippen molar-refractivity contribution >= 4 is 33.6 Å². The first-order valence-electron chi connectivity index (χ1n) is 7.06. The van der Waals surface area contributed by atoms with Gasteiger partial charge in [0.1, 0.15) is 5.52 Å². The molecule has 0 fully saturated rings. The third-order valence-corrected chi connectivity index (χ3v) is 3.97. The van der Waals surface area contributed by atoms with Crippen molar-refractivity contribution < 1.29 is 9.21 Å². The predicted molar refractivity (Wildman–Crippen MR) is 87.5 cm³/mol. The molecule has 114 valence electrons. The molecule has 6 nitrogen and oxygen atoms in total. The van der Waals surface area contributed by atoms with E-state index < -0.39 is 11.7 Å². The number of aryl methyl sites for hydroxylation is 1. The number of aromatic nitrogens is 2. The van der Waals surface area contributed by atoms with Gasteiger partial charge in [0.15, 0.2) is 5.58 Å². The van der Waals surface area contributed by atoms with Crippen molar-refractivity contribution in [2.24, 2.45) is 7.05 Å². The molecular weight excluding hydrogens is 294 g/mol. The highest BCUT2D eigenvalue weighted by atomic mass is 16.4. The lowest BCUT2D eigenvalue weighted by Crippen LogP contribution is -2.23. The molecule has 0 saturated heterocycles. The van der Waals surface area contributed by atoms with E-state index >= 15 is 0 Å². The average Bonchev–Trinajstić information content (AvgIpc) is 3.07. The van der Waals surface area contributed by atoms with Gasteiger partial charge in [-0.3, -0.25) is 4.79 Å². The maximum absolute atomic E-state index is 12.8. The second-order valence-electron chi connectivity index (χ2n) is 5.40. The first-order valence-corrected chi connectivity index (χ1v) is 7.06. The number of nitrogens with two attached hydrogens (primary N) is 1. The van der Waals surface area contributed by atoms with Crippen molar-refractivity contribution in [3.05, 3.63) is 64.8 Å². The Bertz CT molecular complexity index is 1130. The zero-order chi connectivity index (χ0) is 16.1. The molecule has 0 aliphatic rings. The van der Waals surface area contributed by atoms with Crippen LogP contribution in [0.5, 0.6) is 0 Å². The van der Waals surface area contributed by atoms with Gasteiger partial charge in [-0.1, -0.05) is 6.07 Å². The third kappa shape index (κ3) is 1.88. The first kappa shape index (κ1) is 13.4. The number of rotatable bonds is 1. The summed E-state index contributed by atoms with van der Waals surface area (Å²) < 4.78 is 8.09. The highest BCUT2D eigenvalue weighted by Gasteiger charge is 2.19. The second kappa shape index (κ2) is 4.61. The van der Waals surface area contributed by atoms with E-state index in [0.717, 1.165) is 15.5 Å². The Balaban J connectivity index is 1.92. The Kier molecular flexibility index (Phi) is 2.68. The molecule has 0 aliphatic heterocycles. The number of benzene rings is 2. The summed E-state index contributed by atoms with van der Waals surface area (Å²) in [6.07, 6.45) is 1.92. The van der Waals surface area contributed by atoms with Gasteiger partial charge in [-0.2, -0.15) is 0 Å². The number of oxazole rings is 1. The molecule has 4 aromatic rings. The number of nitrogen functional groups attached to an aromatic ring is 1. The van der Waals surface area contributed by atoms with Gasteiger partial charge in [-0.15, -0.1) is 0 Å². The number of carbonyl (C=O) groups excluding carboxylic acids is 1. The zero-order valence-electron chi connectivity index (χ0n) is 12.3. The molecule has 2 aromatic heterocycles. The molecule has 2 heterocycles. The molecule has 0 aliphatic carbocycles. The van der Waals surface area contributed by atoms with Crippen LogP contribution in [0.3, 0.4) is 0 Å². The molecule has 0 radical (unpaired) electrons. The number of fused-ring (bicyclic) bond motifs is 2. The Morgan fingerprint density at radius 3 is 2.78 bits per heavy atom. The van der Waals surface area contributed by atoms with E-state index in [2.05, 4.69) is 0 Å². The highest BCUT2D eigenvalue weighted by Crippen LogP contribution is 2.22.